The molecule has 0 fully saturated rings. The minimum Gasteiger partial charge on any atom is -0.502 e. The van der Waals surface area contributed by atoms with Crippen LogP contribution >= 0.6 is 0 Å². The molecule has 0 amide bonds. The zero-order valence-electron chi connectivity index (χ0n) is 10.3. The van der Waals surface area contributed by atoms with Gasteiger partial charge in [0.05, 0.1) is 30.6 Å². The summed E-state index contributed by atoms with van der Waals surface area (Å²) in [6.45, 7) is 0. The van der Waals surface area contributed by atoms with Crippen molar-refractivity contribution in [1.29, 1.82) is 0 Å². The van der Waals surface area contributed by atoms with Crippen molar-refractivity contribution >= 4 is 11.7 Å². The molecule has 0 heterocycles. The van der Waals surface area contributed by atoms with Crippen LogP contribution in [-0.2, 0) is 9.53 Å². The number of esters is 1. The van der Waals surface area contributed by atoms with Crippen LogP contribution in [0.15, 0.2) is 12.1 Å². The van der Waals surface area contributed by atoms with Crippen molar-refractivity contribution in [3.63, 3.8) is 0 Å². The molecule has 110 valence electrons. The molecular formula is C11H12FNO7. The molecule has 3 N–H and O–H groups in total. The van der Waals surface area contributed by atoms with Crippen molar-refractivity contribution < 1.29 is 34.2 Å². The first-order chi connectivity index (χ1) is 9.27. The van der Waals surface area contributed by atoms with Crippen molar-refractivity contribution in [3.05, 3.63) is 33.6 Å². The van der Waals surface area contributed by atoms with Crippen LogP contribution in [-0.4, -0.2) is 39.4 Å². The van der Waals surface area contributed by atoms with Crippen LogP contribution in [0, 0.1) is 15.9 Å². The van der Waals surface area contributed by atoms with Crippen molar-refractivity contribution in [1.82, 2.24) is 0 Å². The van der Waals surface area contributed by atoms with Gasteiger partial charge in [-0.1, -0.05) is 0 Å². The number of aliphatic hydroxyl groups excluding tert-OH is 2. The standard InChI is InChI=1S/C11H12FNO7/c1-20-9(15)4-8(14)11(17)6-2-5(12)3-7(10(6)16)13(18)19/h2-3,8,11,14,16-17H,4H2,1H3. The highest BCUT2D eigenvalue weighted by Gasteiger charge is 2.29. The molecule has 0 saturated heterocycles. The predicted molar refractivity (Wildman–Crippen MR) is 62.3 cm³/mol. The molecule has 1 rings (SSSR count). The highest BCUT2D eigenvalue weighted by atomic mass is 19.1. The van der Waals surface area contributed by atoms with Crippen LogP contribution in [0.2, 0.25) is 0 Å². The molecule has 1 aromatic carbocycles. The molecule has 0 radical (unpaired) electrons. The van der Waals surface area contributed by atoms with Gasteiger partial charge in [0.25, 0.3) is 0 Å². The van der Waals surface area contributed by atoms with E-state index in [1.165, 1.54) is 0 Å². The summed E-state index contributed by atoms with van der Waals surface area (Å²) >= 11 is 0. The van der Waals surface area contributed by atoms with Crippen LogP contribution in [0.5, 0.6) is 5.75 Å². The molecule has 9 heteroatoms. The number of rotatable bonds is 5. The molecule has 0 aromatic heterocycles. The Kier molecular flexibility index (Phi) is 4.94. The van der Waals surface area contributed by atoms with E-state index in [-0.39, 0.29) is 0 Å². The molecule has 0 spiro atoms. The summed E-state index contributed by atoms with van der Waals surface area (Å²) in [5, 5.41) is 39.5. The summed E-state index contributed by atoms with van der Waals surface area (Å²) in [6.07, 6.45) is -4.22. The van der Waals surface area contributed by atoms with Crippen LogP contribution in [0.3, 0.4) is 0 Å². The number of nitro groups is 1. The number of hydrogen-bond acceptors (Lipinski definition) is 7. The molecule has 8 nitrogen and oxygen atoms in total. The normalized spacial score (nSPS) is 13.6. The average Bonchev–Trinajstić information content (AvgIpc) is 2.39. The lowest BCUT2D eigenvalue weighted by molar-refractivity contribution is -0.386. The number of ether oxygens (including phenoxy) is 1. The number of aliphatic hydroxyl groups is 2. The van der Waals surface area contributed by atoms with Crippen molar-refractivity contribution in [2.24, 2.45) is 0 Å². The average molecular weight is 289 g/mol. The number of halogens is 1. The van der Waals surface area contributed by atoms with Gasteiger partial charge in [-0.05, 0) is 6.07 Å². The SMILES string of the molecule is COC(=O)CC(O)C(O)c1cc(F)cc([N+](=O)[O-])c1O. The van der Waals surface area contributed by atoms with E-state index in [4.69, 9.17) is 0 Å². The molecule has 0 aliphatic carbocycles. The van der Waals surface area contributed by atoms with Gasteiger partial charge >= 0.3 is 11.7 Å². The van der Waals surface area contributed by atoms with E-state index in [1.807, 2.05) is 0 Å². The van der Waals surface area contributed by atoms with Gasteiger partial charge in [0.15, 0.2) is 0 Å². The zero-order valence-corrected chi connectivity index (χ0v) is 10.3. The first-order valence-electron chi connectivity index (χ1n) is 5.37. The van der Waals surface area contributed by atoms with Crippen LogP contribution in [0.1, 0.15) is 18.1 Å². The van der Waals surface area contributed by atoms with Gasteiger partial charge in [0.1, 0.15) is 11.9 Å². The molecule has 0 saturated carbocycles. The summed E-state index contributed by atoms with van der Waals surface area (Å²) in [5.74, 6) is -2.90. The lowest BCUT2D eigenvalue weighted by Crippen LogP contribution is -2.23. The smallest absolute Gasteiger partial charge is 0.314 e. The fraction of sp³-hybridized carbons (Fsp3) is 0.364. The second kappa shape index (κ2) is 6.26. The Morgan fingerprint density at radius 1 is 1.50 bits per heavy atom. The minimum absolute atomic E-state index is 0.470. The number of hydrogen-bond donors (Lipinski definition) is 3. The fourth-order valence-electron chi connectivity index (χ4n) is 1.54. The van der Waals surface area contributed by atoms with Crippen LogP contribution < -0.4 is 0 Å². The Balaban J connectivity index is 3.12. The van der Waals surface area contributed by atoms with E-state index in [2.05, 4.69) is 4.74 Å². The maximum Gasteiger partial charge on any atom is 0.314 e. The van der Waals surface area contributed by atoms with E-state index in [9.17, 15) is 34.6 Å². The monoisotopic (exact) mass is 289 g/mol. The molecule has 20 heavy (non-hydrogen) atoms. The number of nitrogens with zero attached hydrogens (tertiary/aromatic N) is 1. The summed E-state index contributed by atoms with van der Waals surface area (Å²) in [7, 11) is 1.06. The van der Waals surface area contributed by atoms with Gasteiger partial charge in [-0.15, -0.1) is 0 Å². The number of carbonyl (C=O) groups is 1. The van der Waals surface area contributed by atoms with Crippen molar-refractivity contribution in [2.75, 3.05) is 7.11 Å². The molecule has 1 aromatic rings. The number of phenols is 1. The van der Waals surface area contributed by atoms with E-state index >= 15 is 0 Å². The Morgan fingerprint density at radius 3 is 2.60 bits per heavy atom. The minimum atomic E-state index is -1.89. The molecule has 0 aliphatic heterocycles. The van der Waals surface area contributed by atoms with Crippen LogP contribution in [0.25, 0.3) is 0 Å². The Hall–Kier alpha value is -2.26. The number of methoxy groups -OCH3 is 1. The summed E-state index contributed by atoms with van der Waals surface area (Å²) in [4.78, 5) is 20.5. The first kappa shape index (κ1) is 15.8. The molecule has 2 unspecified atom stereocenters. The van der Waals surface area contributed by atoms with E-state index < -0.39 is 52.3 Å². The number of aromatic hydroxyl groups is 1. The third-order valence-electron chi connectivity index (χ3n) is 2.57. The van der Waals surface area contributed by atoms with E-state index in [0.29, 0.717) is 12.1 Å². The number of phenolic OH excluding ortho intramolecular Hbond substituents is 1. The highest BCUT2D eigenvalue weighted by Crippen LogP contribution is 2.36. The lowest BCUT2D eigenvalue weighted by Gasteiger charge is -2.18. The lowest BCUT2D eigenvalue weighted by atomic mass is 10.00. The quantitative estimate of drug-likeness (QED) is 0.406. The molecule has 0 bridgehead atoms. The molecule has 2 atom stereocenters. The van der Waals surface area contributed by atoms with Gasteiger partial charge in [-0.25, -0.2) is 4.39 Å². The Labute approximate surface area is 112 Å². The van der Waals surface area contributed by atoms with Crippen molar-refractivity contribution in [3.8, 4) is 5.75 Å². The van der Waals surface area contributed by atoms with Crippen LogP contribution in [0.4, 0.5) is 10.1 Å². The molecular weight excluding hydrogens is 277 g/mol. The fourth-order valence-corrected chi connectivity index (χ4v) is 1.54. The Morgan fingerprint density at radius 2 is 2.10 bits per heavy atom. The van der Waals surface area contributed by atoms with E-state index in [0.717, 1.165) is 7.11 Å². The van der Waals surface area contributed by atoms with Gasteiger partial charge in [0.2, 0.25) is 5.75 Å². The van der Waals surface area contributed by atoms with E-state index in [1.54, 1.807) is 0 Å². The highest BCUT2D eigenvalue weighted by molar-refractivity contribution is 5.70. The maximum atomic E-state index is 13.2. The summed E-state index contributed by atoms with van der Waals surface area (Å²) in [5.41, 5.74) is -1.54. The number of nitro benzene ring substituents is 1. The molecule has 0 aliphatic rings. The third-order valence-corrected chi connectivity index (χ3v) is 2.57. The van der Waals surface area contributed by atoms with Gasteiger partial charge < -0.3 is 20.1 Å². The topological polar surface area (TPSA) is 130 Å². The first-order valence-corrected chi connectivity index (χ1v) is 5.37. The largest absolute Gasteiger partial charge is 0.502 e. The van der Waals surface area contributed by atoms with Gasteiger partial charge in [-0.3, -0.25) is 14.9 Å². The maximum absolute atomic E-state index is 13.2. The number of benzene rings is 1. The second-order valence-electron chi connectivity index (χ2n) is 3.91. The van der Waals surface area contributed by atoms with Gasteiger partial charge in [-0.2, -0.15) is 0 Å². The van der Waals surface area contributed by atoms with Gasteiger partial charge in [0, 0.05) is 5.56 Å². The summed E-state index contributed by atoms with van der Waals surface area (Å²) < 4.78 is 17.5. The zero-order chi connectivity index (χ0) is 15.4. The Bertz CT molecular complexity index is 534. The third kappa shape index (κ3) is 3.39. The number of carbonyl (C=O) groups excluding carboxylic acids is 1. The summed E-state index contributed by atoms with van der Waals surface area (Å²) in [6, 6.07) is 1.10. The van der Waals surface area contributed by atoms with Crippen molar-refractivity contribution in [2.45, 2.75) is 18.6 Å². The predicted octanol–water partition coefficient (Wildman–Crippen LogP) is 0.397. The second-order valence-corrected chi connectivity index (χ2v) is 3.91.